The summed E-state index contributed by atoms with van der Waals surface area (Å²) < 4.78 is 4.69. The highest BCUT2D eigenvalue weighted by atomic mass is 16.5. The number of hydrogen-bond acceptors (Lipinski definition) is 4. The van der Waals surface area contributed by atoms with Gasteiger partial charge in [0.1, 0.15) is 18.1 Å². The minimum Gasteiger partial charge on any atom is -0.478 e. The molecule has 1 rings (SSSR count). The molecule has 0 radical (unpaired) electrons. The third kappa shape index (κ3) is 4.04. The van der Waals surface area contributed by atoms with Gasteiger partial charge in [-0.2, -0.15) is 0 Å². The summed E-state index contributed by atoms with van der Waals surface area (Å²) in [7, 11) is 0. The lowest BCUT2D eigenvalue weighted by Crippen LogP contribution is -2.06. The Bertz CT molecular complexity index is 359. The van der Waals surface area contributed by atoms with Crippen LogP contribution in [-0.4, -0.2) is 23.8 Å². The molecule has 0 aliphatic rings. The van der Waals surface area contributed by atoms with Crippen LogP contribution in [0.5, 0.6) is 5.75 Å². The van der Waals surface area contributed by atoms with Crippen molar-refractivity contribution >= 4 is 18.7 Å². The predicted octanol–water partition coefficient (Wildman–Crippen LogP) is 1.13. The third-order valence-corrected chi connectivity index (χ3v) is 1.37. The van der Waals surface area contributed by atoms with Crippen molar-refractivity contribution in [3.63, 3.8) is 0 Å². The fourth-order valence-electron chi connectivity index (χ4n) is 0.887. The monoisotopic (exact) mass is 210 g/mol. The molecular weight excluding hydrogens is 200 g/mol. The van der Waals surface area contributed by atoms with Crippen LogP contribution in [0.2, 0.25) is 0 Å². The van der Waals surface area contributed by atoms with Crippen molar-refractivity contribution in [3.05, 3.63) is 29.8 Å². The third-order valence-electron chi connectivity index (χ3n) is 1.37. The number of carbonyl (C=O) groups excluding carboxylic acids is 2. The van der Waals surface area contributed by atoms with E-state index in [1.807, 2.05) is 6.79 Å². The minimum atomic E-state index is -1.11. The van der Waals surface area contributed by atoms with Gasteiger partial charge in [0.25, 0.3) is 0 Å². The number of aromatic carboxylic acids is 1. The number of benzene rings is 1. The van der Waals surface area contributed by atoms with Crippen LogP contribution in [0, 0.1) is 0 Å². The first-order valence-corrected chi connectivity index (χ1v) is 3.91. The van der Waals surface area contributed by atoms with E-state index in [0.717, 1.165) is 0 Å². The number of para-hydroxylation sites is 1. The van der Waals surface area contributed by atoms with Gasteiger partial charge in [0.15, 0.2) is 0 Å². The lowest BCUT2D eigenvalue weighted by atomic mass is 10.2. The summed E-state index contributed by atoms with van der Waals surface area (Å²) >= 11 is 0. The van der Waals surface area contributed by atoms with Crippen LogP contribution in [-0.2, 0) is 9.59 Å². The lowest BCUT2D eigenvalue weighted by Gasteiger charge is -2.03. The van der Waals surface area contributed by atoms with Crippen LogP contribution < -0.4 is 4.74 Å². The molecule has 0 fully saturated rings. The summed E-state index contributed by atoms with van der Waals surface area (Å²) in [6.07, 6.45) is 0. The van der Waals surface area contributed by atoms with Gasteiger partial charge in [0.2, 0.25) is 0 Å². The molecule has 0 saturated heterocycles. The highest BCUT2D eigenvalue weighted by Gasteiger charge is 2.10. The molecule has 0 unspecified atom stereocenters. The van der Waals surface area contributed by atoms with Crippen molar-refractivity contribution in [2.75, 3.05) is 0 Å². The Kier molecular flexibility index (Phi) is 5.40. The average molecular weight is 210 g/mol. The van der Waals surface area contributed by atoms with Gasteiger partial charge in [0, 0.05) is 6.92 Å². The van der Waals surface area contributed by atoms with E-state index in [1.165, 1.54) is 19.1 Å². The van der Waals surface area contributed by atoms with Crippen LogP contribution in [0.3, 0.4) is 0 Å². The van der Waals surface area contributed by atoms with Crippen molar-refractivity contribution in [3.8, 4) is 5.75 Å². The van der Waals surface area contributed by atoms with Crippen LogP contribution in [0.25, 0.3) is 0 Å². The minimum absolute atomic E-state index is 0.0160. The van der Waals surface area contributed by atoms with E-state index in [9.17, 15) is 9.59 Å². The Hall–Kier alpha value is -2.17. The van der Waals surface area contributed by atoms with Gasteiger partial charge in [0.05, 0.1) is 0 Å². The fourth-order valence-corrected chi connectivity index (χ4v) is 0.887. The van der Waals surface area contributed by atoms with Gasteiger partial charge in [-0.05, 0) is 12.1 Å². The molecule has 1 N–H and O–H groups in total. The number of carboxylic acid groups (broad SMARTS) is 1. The second-order valence-electron chi connectivity index (χ2n) is 2.39. The molecule has 0 saturated carbocycles. The Morgan fingerprint density at radius 3 is 2.27 bits per heavy atom. The molecule has 0 amide bonds. The van der Waals surface area contributed by atoms with Crippen LogP contribution in [0.15, 0.2) is 24.3 Å². The summed E-state index contributed by atoms with van der Waals surface area (Å²) in [6, 6.07) is 5.98. The molecule has 0 aromatic heterocycles. The molecule has 1 aromatic carbocycles. The molecule has 0 aliphatic heterocycles. The van der Waals surface area contributed by atoms with Crippen LogP contribution >= 0.6 is 0 Å². The van der Waals surface area contributed by atoms with E-state index in [1.54, 1.807) is 12.1 Å². The van der Waals surface area contributed by atoms with Gasteiger partial charge in [-0.3, -0.25) is 4.79 Å². The zero-order valence-corrected chi connectivity index (χ0v) is 8.10. The van der Waals surface area contributed by atoms with E-state index in [2.05, 4.69) is 4.74 Å². The first-order valence-electron chi connectivity index (χ1n) is 3.91. The number of carbonyl (C=O) groups is 3. The number of esters is 1. The SMILES string of the molecule is C=O.CC(=O)Oc1ccccc1C(=O)O. The van der Waals surface area contributed by atoms with Crippen molar-refractivity contribution < 1.29 is 24.2 Å². The van der Waals surface area contributed by atoms with E-state index in [-0.39, 0.29) is 11.3 Å². The second-order valence-corrected chi connectivity index (χ2v) is 2.39. The molecule has 0 aliphatic carbocycles. The van der Waals surface area contributed by atoms with Gasteiger partial charge in [-0.15, -0.1) is 0 Å². The first kappa shape index (κ1) is 12.8. The Labute approximate surface area is 86.3 Å². The van der Waals surface area contributed by atoms with Gasteiger partial charge in [-0.25, -0.2) is 4.79 Å². The molecule has 5 heteroatoms. The summed E-state index contributed by atoms with van der Waals surface area (Å²) in [4.78, 5) is 29.2. The van der Waals surface area contributed by atoms with Gasteiger partial charge >= 0.3 is 11.9 Å². The number of carboxylic acids is 1. The highest BCUT2D eigenvalue weighted by Crippen LogP contribution is 2.17. The topological polar surface area (TPSA) is 80.7 Å². The zero-order chi connectivity index (χ0) is 11.8. The fraction of sp³-hybridized carbons (Fsp3) is 0.100. The van der Waals surface area contributed by atoms with Crippen molar-refractivity contribution in [1.82, 2.24) is 0 Å². The lowest BCUT2D eigenvalue weighted by molar-refractivity contribution is -0.131. The van der Waals surface area contributed by atoms with E-state index in [4.69, 9.17) is 9.90 Å². The molecular formula is C10H10O5. The number of hydrogen-bond donors (Lipinski definition) is 1. The summed E-state index contributed by atoms with van der Waals surface area (Å²) in [5, 5.41) is 8.69. The summed E-state index contributed by atoms with van der Waals surface area (Å²) in [6.45, 7) is 3.22. The second kappa shape index (κ2) is 6.31. The predicted molar refractivity (Wildman–Crippen MR) is 51.8 cm³/mol. The van der Waals surface area contributed by atoms with Crippen molar-refractivity contribution in [2.24, 2.45) is 0 Å². The van der Waals surface area contributed by atoms with Gasteiger partial charge in [-0.1, -0.05) is 12.1 Å². The molecule has 15 heavy (non-hydrogen) atoms. The normalized spacial score (nSPS) is 8.33. The van der Waals surface area contributed by atoms with Crippen molar-refractivity contribution in [1.29, 1.82) is 0 Å². The Morgan fingerprint density at radius 1 is 1.27 bits per heavy atom. The maximum atomic E-state index is 10.6. The molecule has 1 aromatic rings. The molecule has 80 valence electrons. The van der Waals surface area contributed by atoms with E-state index < -0.39 is 11.9 Å². The molecule has 0 spiro atoms. The van der Waals surface area contributed by atoms with Crippen LogP contribution in [0.1, 0.15) is 17.3 Å². The zero-order valence-electron chi connectivity index (χ0n) is 8.10. The maximum absolute atomic E-state index is 10.6. The first-order chi connectivity index (χ1) is 7.11. The number of rotatable bonds is 2. The molecule has 0 bridgehead atoms. The smallest absolute Gasteiger partial charge is 0.339 e. The quantitative estimate of drug-likeness (QED) is 0.584. The van der Waals surface area contributed by atoms with E-state index >= 15 is 0 Å². The maximum Gasteiger partial charge on any atom is 0.339 e. The van der Waals surface area contributed by atoms with Gasteiger partial charge < -0.3 is 14.6 Å². The average Bonchev–Trinajstić information content (AvgIpc) is 2.20. The summed E-state index contributed by atoms with van der Waals surface area (Å²) in [5.41, 5.74) is -0.0160. The Balaban J connectivity index is 0.000000921. The largest absolute Gasteiger partial charge is 0.478 e. The highest BCUT2D eigenvalue weighted by molar-refractivity contribution is 5.91. The molecule has 5 nitrogen and oxygen atoms in total. The van der Waals surface area contributed by atoms with E-state index in [0.29, 0.717) is 0 Å². The summed E-state index contributed by atoms with van der Waals surface area (Å²) in [5.74, 6) is -1.58. The Morgan fingerprint density at radius 2 is 1.80 bits per heavy atom. The van der Waals surface area contributed by atoms with Crippen molar-refractivity contribution in [2.45, 2.75) is 6.92 Å². The van der Waals surface area contributed by atoms with Crippen LogP contribution in [0.4, 0.5) is 0 Å². The molecule has 0 atom stereocenters. The molecule has 0 heterocycles. The number of ether oxygens (including phenoxy) is 1. The standard InChI is InChI=1S/C9H8O4.CH2O/c1-6(10)13-8-5-3-2-4-7(8)9(11)12;1-2/h2-5H,1H3,(H,11,12);1H2.